The first-order chi connectivity index (χ1) is 19.8. The second-order valence-electron chi connectivity index (χ2n) is 9.52. The van der Waals surface area contributed by atoms with Crippen LogP contribution in [0.3, 0.4) is 0 Å². The monoisotopic (exact) mass is 606 g/mol. The molecule has 218 valence electrons. The SMILES string of the molecule is Cn1ncc(C(F)(F)F)c1-c1csc(C(=O)NC(Cc2ccccc2C(F)(F)F)CN2C(=O)c3ccccc3C2=O)c1. The van der Waals surface area contributed by atoms with Gasteiger partial charge in [0.25, 0.3) is 17.7 Å². The Morgan fingerprint density at radius 3 is 2.14 bits per heavy atom. The quantitative estimate of drug-likeness (QED) is 0.212. The first-order valence-corrected chi connectivity index (χ1v) is 13.2. The predicted molar refractivity (Wildman–Crippen MR) is 140 cm³/mol. The number of alkyl halides is 6. The van der Waals surface area contributed by atoms with Gasteiger partial charge in [-0.1, -0.05) is 30.3 Å². The number of nitrogens with zero attached hydrogens (tertiary/aromatic N) is 3. The number of thiophene rings is 1. The summed E-state index contributed by atoms with van der Waals surface area (Å²) in [4.78, 5) is 40.0. The van der Waals surface area contributed by atoms with Crippen LogP contribution in [-0.2, 0) is 25.8 Å². The number of benzene rings is 2. The van der Waals surface area contributed by atoms with Gasteiger partial charge in [0.1, 0.15) is 5.56 Å². The Morgan fingerprint density at radius 2 is 1.52 bits per heavy atom. The van der Waals surface area contributed by atoms with Gasteiger partial charge in [-0.3, -0.25) is 24.0 Å². The van der Waals surface area contributed by atoms with Crippen molar-refractivity contribution in [3.05, 3.63) is 98.9 Å². The number of nitrogens with one attached hydrogen (secondary N) is 1. The lowest BCUT2D eigenvalue weighted by molar-refractivity contribution is -0.138. The summed E-state index contributed by atoms with van der Waals surface area (Å²) in [7, 11) is 1.32. The molecule has 0 fully saturated rings. The van der Waals surface area contributed by atoms with Gasteiger partial charge >= 0.3 is 12.4 Å². The molecule has 7 nitrogen and oxygen atoms in total. The number of aromatic nitrogens is 2. The smallest absolute Gasteiger partial charge is 0.346 e. The molecule has 0 saturated carbocycles. The lowest BCUT2D eigenvalue weighted by atomic mass is 9.99. The van der Waals surface area contributed by atoms with E-state index < -0.39 is 60.2 Å². The summed E-state index contributed by atoms with van der Waals surface area (Å²) in [6.45, 7) is -0.442. The molecule has 1 atom stereocenters. The summed E-state index contributed by atoms with van der Waals surface area (Å²) >= 11 is 0.825. The summed E-state index contributed by atoms with van der Waals surface area (Å²) in [6, 6.07) is 10.8. The van der Waals surface area contributed by atoms with Crippen molar-refractivity contribution < 1.29 is 40.7 Å². The van der Waals surface area contributed by atoms with Crippen LogP contribution in [0.25, 0.3) is 11.3 Å². The summed E-state index contributed by atoms with van der Waals surface area (Å²) < 4.78 is 82.7. The average molecular weight is 607 g/mol. The summed E-state index contributed by atoms with van der Waals surface area (Å²) in [6.07, 6.45) is -9.13. The number of imide groups is 1. The van der Waals surface area contributed by atoms with Crippen LogP contribution in [0.15, 0.2) is 66.2 Å². The average Bonchev–Trinajstić information content (AvgIpc) is 3.62. The third-order valence-corrected chi connectivity index (χ3v) is 7.68. The number of aryl methyl sites for hydroxylation is 1. The van der Waals surface area contributed by atoms with Gasteiger partial charge in [0.2, 0.25) is 0 Å². The zero-order valence-electron chi connectivity index (χ0n) is 21.6. The fourth-order valence-electron chi connectivity index (χ4n) is 4.85. The molecule has 1 aliphatic heterocycles. The molecule has 1 N–H and O–H groups in total. The third-order valence-electron chi connectivity index (χ3n) is 6.75. The Morgan fingerprint density at radius 1 is 0.929 bits per heavy atom. The fourth-order valence-corrected chi connectivity index (χ4v) is 5.64. The minimum absolute atomic E-state index is 0.0317. The third kappa shape index (κ3) is 5.53. The van der Waals surface area contributed by atoms with Gasteiger partial charge in [0.05, 0.1) is 39.5 Å². The molecule has 5 rings (SSSR count). The number of hydrogen-bond acceptors (Lipinski definition) is 5. The van der Waals surface area contributed by atoms with Crippen LogP contribution < -0.4 is 5.32 Å². The van der Waals surface area contributed by atoms with Crippen LogP contribution in [0.5, 0.6) is 0 Å². The maximum Gasteiger partial charge on any atom is 0.420 e. The standard InChI is InChI=1S/C28H20F6N4O3S/c1-37-23(21(12-35-37)28(32,33)34)16-11-22(42-14-16)24(39)36-17(10-15-6-2-5-9-20(15)27(29,30)31)13-38-25(40)18-7-3-4-8-19(18)26(38)41/h2-9,11-12,14,17H,10,13H2,1H3,(H,36,39). The molecular formula is C28H20F6N4O3S. The number of hydrogen-bond donors (Lipinski definition) is 1. The maximum absolute atomic E-state index is 13.7. The summed E-state index contributed by atoms with van der Waals surface area (Å²) in [5.74, 6) is -2.12. The number of carbonyl (C=O) groups excluding carboxylic acids is 3. The highest BCUT2D eigenvalue weighted by Crippen LogP contribution is 2.38. The number of fused-ring (bicyclic) bond motifs is 1. The van der Waals surface area contributed by atoms with Gasteiger partial charge < -0.3 is 5.32 Å². The topological polar surface area (TPSA) is 84.3 Å². The van der Waals surface area contributed by atoms with Gasteiger partial charge in [-0.2, -0.15) is 31.4 Å². The molecule has 4 aromatic rings. The molecule has 2 aromatic heterocycles. The van der Waals surface area contributed by atoms with Crippen molar-refractivity contribution in [2.75, 3.05) is 6.54 Å². The van der Waals surface area contributed by atoms with Crippen molar-refractivity contribution in [3.8, 4) is 11.3 Å². The molecule has 0 bridgehead atoms. The van der Waals surface area contributed by atoms with E-state index in [-0.39, 0.29) is 32.8 Å². The van der Waals surface area contributed by atoms with E-state index in [1.165, 1.54) is 48.8 Å². The minimum Gasteiger partial charge on any atom is -0.346 e. The second kappa shape index (κ2) is 10.7. The highest BCUT2D eigenvalue weighted by Gasteiger charge is 2.39. The first kappa shape index (κ1) is 29.0. The highest BCUT2D eigenvalue weighted by atomic mass is 32.1. The molecular weight excluding hydrogens is 586 g/mol. The van der Waals surface area contributed by atoms with E-state index in [2.05, 4.69) is 10.4 Å². The molecule has 0 saturated heterocycles. The van der Waals surface area contributed by atoms with Crippen molar-refractivity contribution in [1.29, 1.82) is 0 Å². The zero-order valence-corrected chi connectivity index (χ0v) is 22.4. The first-order valence-electron chi connectivity index (χ1n) is 12.3. The number of halogens is 6. The van der Waals surface area contributed by atoms with Crippen molar-refractivity contribution >= 4 is 29.1 Å². The largest absolute Gasteiger partial charge is 0.420 e. The molecule has 42 heavy (non-hydrogen) atoms. The molecule has 2 aromatic carbocycles. The Balaban J connectivity index is 1.45. The number of carbonyl (C=O) groups is 3. The van der Waals surface area contributed by atoms with E-state index >= 15 is 0 Å². The van der Waals surface area contributed by atoms with E-state index in [1.54, 1.807) is 12.1 Å². The molecule has 3 heterocycles. The lowest BCUT2D eigenvalue weighted by Gasteiger charge is -2.25. The highest BCUT2D eigenvalue weighted by molar-refractivity contribution is 7.12. The van der Waals surface area contributed by atoms with E-state index in [1.807, 2.05) is 0 Å². The van der Waals surface area contributed by atoms with Crippen LogP contribution in [0.2, 0.25) is 0 Å². The van der Waals surface area contributed by atoms with E-state index in [4.69, 9.17) is 0 Å². The number of rotatable bonds is 7. The van der Waals surface area contributed by atoms with Crippen molar-refractivity contribution in [2.45, 2.75) is 24.8 Å². The van der Waals surface area contributed by atoms with Crippen molar-refractivity contribution in [2.24, 2.45) is 7.05 Å². The van der Waals surface area contributed by atoms with Crippen molar-refractivity contribution in [3.63, 3.8) is 0 Å². The molecule has 0 aliphatic carbocycles. The molecule has 14 heteroatoms. The van der Waals surface area contributed by atoms with E-state index in [0.29, 0.717) is 6.20 Å². The maximum atomic E-state index is 13.7. The molecule has 0 radical (unpaired) electrons. The van der Waals surface area contributed by atoms with Gasteiger partial charge in [-0.05, 0) is 36.2 Å². The molecule has 1 unspecified atom stereocenters. The van der Waals surface area contributed by atoms with Gasteiger partial charge in [-0.25, -0.2) is 0 Å². The Hall–Kier alpha value is -4.46. The van der Waals surface area contributed by atoms with Gasteiger partial charge in [0.15, 0.2) is 0 Å². The predicted octanol–water partition coefficient (Wildman–Crippen LogP) is 5.82. The van der Waals surface area contributed by atoms with Crippen LogP contribution >= 0.6 is 11.3 Å². The van der Waals surface area contributed by atoms with E-state index in [9.17, 15) is 40.7 Å². The minimum atomic E-state index is -4.71. The Bertz CT molecular complexity index is 1660. The zero-order chi connectivity index (χ0) is 30.4. The lowest BCUT2D eigenvalue weighted by Crippen LogP contribution is -2.47. The normalized spacial score (nSPS) is 14.3. The molecule has 3 amide bonds. The second-order valence-corrected chi connectivity index (χ2v) is 10.4. The Labute approximate surface area is 238 Å². The molecule has 1 aliphatic rings. The summed E-state index contributed by atoms with van der Waals surface area (Å²) in [5, 5.41) is 7.58. The van der Waals surface area contributed by atoms with Crippen LogP contribution in [0.1, 0.15) is 47.1 Å². The van der Waals surface area contributed by atoms with E-state index in [0.717, 1.165) is 27.0 Å². The van der Waals surface area contributed by atoms with Crippen LogP contribution in [0.4, 0.5) is 26.3 Å². The summed E-state index contributed by atoms with van der Waals surface area (Å²) in [5.41, 5.74) is -2.06. The number of amides is 3. The van der Waals surface area contributed by atoms with Gasteiger partial charge in [-0.15, -0.1) is 11.3 Å². The van der Waals surface area contributed by atoms with Crippen LogP contribution in [-0.4, -0.2) is 45.0 Å². The van der Waals surface area contributed by atoms with Gasteiger partial charge in [0, 0.05) is 24.5 Å². The molecule has 0 spiro atoms. The Kier molecular flexibility index (Phi) is 7.43. The van der Waals surface area contributed by atoms with Crippen molar-refractivity contribution in [1.82, 2.24) is 20.0 Å². The van der Waals surface area contributed by atoms with Crippen LogP contribution in [0, 0.1) is 0 Å². The fraction of sp³-hybridized carbons (Fsp3) is 0.214.